The Kier molecular flexibility index (Phi) is 9.54. The van der Waals surface area contributed by atoms with Gasteiger partial charge < -0.3 is 25.2 Å². The summed E-state index contributed by atoms with van der Waals surface area (Å²) in [4.78, 5) is 38.8. The van der Waals surface area contributed by atoms with Crippen molar-refractivity contribution in [2.24, 2.45) is 5.41 Å². The lowest BCUT2D eigenvalue weighted by Crippen LogP contribution is -2.47. The normalized spacial score (nSPS) is 17.8. The smallest absolute Gasteiger partial charge is 0.219 e. The Labute approximate surface area is 232 Å². The number of piperidine rings is 2. The number of hydrogen-bond acceptors (Lipinski definition) is 6. The van der Waals surface area contributed by atoms with Gasteiger partial charge in [0.25, 0.3) is 0 Å². The van der Waals surface area contributed by atoms with Gasteiger partial charge in [-0.05, 0) is 67.9 Å². The van der Waals surface area contributed by atoms with Crippen molar-refractivity contribution in [1.29, 1.82) is 0 Å². The van der Waals surface area contributed by atoms with Gasteiger partial charge in [0.1, 0.15) is 12.1 Å². The van der Waals surface area contributed by atoms with Gasteiger partial charge >= 0.3 is 0 Å². The zero-order chi connectivity index (χ0) is 27.1. The number of benzene rings is 2. The lowest BCUT2D eigenvalue weighted by atomic mass is 9.71. The average Bonchev–Trinajstić information content (AvgIpc) is 2.94. The van der Waals surface area contributed by atoms with Gasteiger partial charge in [-0.2, -0.15) is 0 Å². The molecular formula is C29H36BrFN4O3. The molecule has 38 heavy (non-hydrogen) atoms. The molecular weight excluding hydrogens is 551 g/mol. The van der Waals surface area contributed by atoms with E-state index in [9.17, 15) is 18.8 Å². The first kappa shape index (κ1) is 28.2. The number of aldehydes is 2. The first-order chi connectivity index (χ1) is 18.4. The Morgan fingerprint density at radius 1 is 1.08 bits per heavy atom. The van der Waals surface area contributed by atoms with E-state index in [1.54, 1.807) is 13.1 Å². The molecule has 7 nitrogen and oxygen atoms in total. The maximum absolute atomic E-state index is 14.1. The van der Waals surface area contributed by atoms with E-state index in [0.29, 0.717) is 31.1 Å². The fourth-order valence-corrected chi connectivity index (χ4v) is 6.15. The van der Waals surface area contributed by atoms with Crippen LogP contribution in [0.2, 0.25) is 0 Å². The maximum Gasteiger partial charge on any atom is 0.219 e. The summed E-state index contributed by atoms with van der Waals surface area (Å²) in [7, 11) is 1.60. The molecule has 1 atom stereocenters. The SMILES string of the molecule is CNC(=O)CCC(C=O)NCc1c(Br)cccc1N1CCC2(CCN(c3ccc(C=O)c(F)c3)CC2)CC1. The third-order valence-corrected chi connectivity index (χ3v) is 8.97. The summed E-state index contributed by atoms with van der Waals surface area (Å²) in [6.45, 7) is 4.22. The highest BCUT2D eigenvalue weighted by Crippen LogP contribution is 2.43. The minimum atomic E-state index is -0.462. The van der Waals surface area contributed by atoms with Crippen molar-refractivity contribution in [2.75, 3.05) is 43.0 Å². The standard InChI is InChI=1S/C29H36BrFN4O3/c1-32-28(38)8-6-22(20-37)33-18-24-25(30)3-2-4-27(24)35-15-11-29(12-16-35)9-13-34(14-10-29)23-7-5-21(19-36)26(31)17-23/h2-5,7,17,19-20,22,33H,6,8-16,18H2,1H3,(H,32,38). The van der Waals surface area contributed by atoms with E-state index in [1.165, 1.54) is 11.8 Å². The average molecular weight is 588 g/mol. The van der Waals surface area contributed by atoms with Crippen LogP contribution in [-0.4, -0.2) is 57.7 Å². The third-order valence-electron chi connectivity index (χ3n) is 8.23. The monoisotopic (exact) mass is 586 g/mol. The Morgan fingerprint density at radius 2 is 1.76 bits per heavy atom. The minimum Gasteiger partial charge on any atom is -0.371 e. The molecule has 2 N–H and O–H groups in total. The van der Waals surface area contributed by atoms with Crippen LogP contribution in [0.4, 0.5) is 15.8 Å². The fourth-order valence-electron chi connectivity index (χ4n) is 5.65. The van der Waals surface area contributed by atoms with Gasteiger partial charge in [-0.25, -0.2) is 4.39 Å². The van der Waals surface area contributed by atoms with Crippen molar-refractivity contribution in [1.82, 2.24) is 10.6 Å². The molecule has 9 heteroatoms. The van der Waals surface area contributed by atoms with E-state index in [2.05, 4.69) is 42.4 Å². The number of carbonyl (C=O) groups excluding carboxylic acids is 3. The summed E-state index contributed by atoms with van der Waals surface area (Å²) in [5.41, 5.74) is 3.52. The molecule has 4 rings (SSSR count). The zero-order valence-corrected chi connectivity index (χ0v) is 23.4. The van der Waals surface area contributed by atoms with Gasteiger partial charge in [-0.1, -0.05) is 22.0 Å². The van der Waals surface area contributed by atoms with Gasteiger partial charge in [0.15, 0.2) is 6.29 Å². The third kappa shape index (κ3) is 6.61. The first-order valence-corrected chi connectivity index (χ1v) is 14.1. The van der Waals surface area contributed by atoms with Crippen LogP contribution in [0.3, 0.4) is 0 Å². The van der Waals surface area contributed by atoms with E-state index >= 15 is 0 Å². The molecule has 1 amide bonds. The molecule has 2 saturated heterocycles. The molecule has 2 aromatic carbocycles. The van der Waals surface area contributed by atoms with Crippen LogP contribution < -0.4 is 20.4 Å². The van der Waals surface area contributed by atoms with Gasteiger partial charge in [0.2, 0.25) is 5.91 Å². The molecule has 204 valence electrons. The van der Waals surface area contributed by atoms with Crippen molar-refractivity contribution in [3.8, 4) is 0 Å². The number of rotatable bonds is 10. The highest BCUT2D eigenvalue weighted by Gasteiger charge is 2.38. The van der Waals surface area contributed by atoms with E-state index in [4.69, 9.17) is 0 Å². The quantitative estimate of drug-likeness (QED) is 0.400. The van der Waals surface area contributed by atoms with Crippen LogP contribution in [0.25, 0.3) is 0 Å². The Hall–Kier alpha value is -2.78. The van der Waals surface area contributed by atoms with Crippen LogP contribution in [0, 0.1) is 11.2 Å². The predicted octanol–water partition coefficient (Wildman–Crippen LogP) is 4.47. The Balaban J connectivity index is 1.35. The fraction of sp³-hybridized carbons (Fsp3) is 0.483. The van der Waals surface area contributed by atoms with E-state index in [0.717, 1.165) is 73.9 Å². The Bertz CT molecular complexity index is 1140. The second kappa shape index (κ2) is 12.8. The molecule has 0 aromatic heterocycles. The van der Waals surface area contributed by atoms with Crippen molar-refractivity contribution in [2.45, 2.75) is 51.1 Å². The van der Waals surface area contributed by atoms with Crippen molar-refractivity contribution in [3.63, 3.8) is 0 Å². The molecule has 0 aliphatic carbocycles. The van der Waals surface area contributed by atoms with Crippen LogP contribution in [0.5, 0.6) is 0 Å². The number of amides is 1. The lowest BCUT2D eigenvalue weighted by Gasteiger charge is -2.48. The second-order valence-corrected chi connectivity index (χ2v) is 11.2. The summed E-state index contributed by atoms with van der Waals surface area (Å²) >= 11 is 3.70. The second-order valence-electron chi connectivity index (χ2n) is 10.4. The molecule has 0 radical (unpaired) electrons. The van der Waals surface area contributed by atoms with Crippen LogP contribution in [0.15, 0.2) is 40.9 Å². The highest BCUT2D eigenvalue weighted by atomic mass is 79.9. The van der Waals surface area contributed by atoms with Gasteiger partial charge in [0, 0.05) is 67.6 Å². The van der Waals surface area contributed by atoms with Crippen LogP contribution in [0.1, 0.15) is 54.4 Å². The number of halogens is 2. The summed E-state index contributed by atoms with van der Waals surface area (Å²) in [5, 5.41) is 5.91. The molecule has 0 bridgehead atoms. The molecule has 2 aliphatic heterocycles. The molecule has 1 unspecified atom stereocenters. The maximum atomic E-state index is 14.1. The number of nitrogens with one attached hydrogen (secondary N) is 2. The largest absolute Gasteiger partial charge is 0.371 e. The lowest BCUT2D eigenvalue weighted by molar-refractivity contribution is -0.120. The molecule has 2 heterocycles. The Morgan fingerprint density at radius 3 is 2.37 bits per heavy atom. The van der Waals surface area contributed by atoms with Crippen LogP contribution >= 0.6 is 15.9 Å². The number of nitrogens with zero attached hydrogens (tertiary/aromatic N) is 2. The van der Waals surface area contributed by atoms with Gasteiger partial charge in [-0.15, -0.1) is 0 Å². The molecule has 1 spiro atoms. The number of carbonyl (C=O) groups is 3. The van der Waals surface area contributed by atoms with Gasteiger partial charge in [-0.3, -0.25) is 9.59 Å². The summed E-state index contributed by atoms with van der Waals surface area (Å²) in [6, 6.07) is 10.7. The molecule has 0 saturated carbocycles. The summed E-state index contributed by atoms with van der Waals surface area (Å²) in [6.07, 6.45) is 6.53. The minimum absolute atomic E-state index is 0.0729. The molecule has 2 aromatic rings. The topological polar surface area (TPSA) is 81.8 Å². The molecule has 2 aliphatic rings. The number of hydrogen-bond donors (Lipinski definition) is 2. The summed E-state index contributed by atoms with van der Waals surface area (Å²) in [5.74, 6) is -0.535. The van der Waals surface area contributed by atoms with Crippen molar-refractivity contribution >= 4 is 45.8 Å². The van der Waals surface area contributed by atoms with Crippen molar-refractivity contribution in [3.05, 3.63) is 57.8 Å². The molecule has 2 fully saturated rings. The van der Waals surface area contributed by atoms with Crippen molar-refractivity contribution < 1.29 is 18.8 Å². The van der Waals surface area contributed by atoms with E-state index in [-0.39, 0.29) is 17.5 Å². The van der Waals surface area contributed by atoms with E-state index < -0.39 is 5.82 Å². The zero-order valence-electron chi connectivity index (χ0n) is 21.8. The first-order valence-electron chi connectivity index (χ1n) is 13.3. The van der Waals surface area contributed by atoms with E-state index in [1.807, 2.05) is 18.2 Å². The highest BCUT2D eigenvalue weighted by molar-refractivity contribution is 9.10. The number of anilines is 2. The van der Waals surface area contributed by atoms with Crippen LogP contribution in [-0.2, 0) is 16.1 Å². The van der Waals surface area contributed by atoms with Gasteiger partial charge in [0.05, 0.1) is 11.6 Å². The summed E-state index contributed by atoms with van der Waals surface area (Å²) < 4.78 is 15.1. The predicted molar refractivity (Wildman–Crippen MR) is 151 cm³/mol.